The second-order valence-electron chi connectivity index (χ2n) is 5.22. The number of benzene rings is 2. The lowest BCUT2D eigenvalue weighted by Gasteiger charge is -2.12. The van der Waals surface area contributed by atoms with Crippen molar-refractivity contribution in [1.29, 1.82) is 0 Å². The van der Waals surface area contributed by atoms with E-state index in [4.69, 9.17) is 4.74 Å². The second kappa shape index (κ2) is 4.37. The molecule has 1 aromatic heterocycles. The van der Waals surface area contributed by atoms with Crippen molar-refractivity contribution >= 4 is 10.9 Å². The molecule has 4 rings (SSSR count). The quantitative estimate of drug-likeness (QED) is 0.689. The summed E-state index contributed by atoms with van der Waals surface area (Å²) in [6.45, 7) is 0.738. The Morgan fingerprint density at radius 3 is 2.95 bits per heavy atom. The molecule has 0 spiro atoms. The third kappa shape index (κ3) is 1.86. The van der Waals surface area contributed by atoms with Gasteiger partial charge in [0.05, 0.1) is 12.1 Å². The van der Waals surface area contributed by atoms with Crippen molar-refractivity contribution in [2.45, 2.75) is 19.1 Å². The summed E-state index contributed by atoms with van der Waals surface area (Å²) in [4.78, 5) is 0. The molecule has 2 nitrogen and oxygen atoms in total. The van der Waals surface area contributed by atoms with Crippen LogP contribution in [0.1, 0.15) is 5.56 Å². The van der Waals surface area contributed by atoms with Gasteiger partial charge in [-0.25, -0.2) is 4.39 Å². The molecule has 0 amide bonds. The monoisotopic (exact) mass is 267 g/mol. The van der Waals surface area contributed by atoms with Crippen LogP contribution in [0, 0.1) is 5.82 Å². The van der Waals surface area contributed by atoms with E-state index in [2.05, 4.69) is 10.6 Å². The van der Waals surface area contributed by atoms with E-state index in [1.165, 1.54) is 11.6 Å². The van der Waals surface area contributed by atoms with Crippen molar-refractivity contribution in [3.63, 3.8) is 0 Å². The van der Waals surface area contributed by atoms with E-state index in [1.807, 2.05) is 36.5 Å². The normalized spacial score (nSPS) is 17.1. The zero-order valence-electron chi connectivity index (χ0n) is 10.9. The summed E-state index contributed by atoms with van der Waals surface area (Å²) in [6.07, 6.45) is 3.02. The van der Waals surface area contributed by atoms with Crippen molar-refractivity contribution in [3.8, 4) is 5.75 Å². The number of hydrogen-bond donors (Lipinski definition) is 0. The van der Waals surface area contributed by atoms with Gasteiger partial charge in [0.15, 0.2) is 0 Å². The first kappa shape index (κ1) is 11.5. The average Bonchev–Trinajstić information content (AvgIpc) is 3.03. The van der Waals surface area contributed by atoms with Gasteiger partial charge < -0.3 is 9.30 Å². The summed E-state index contributed by atoms with van der Waals surface area (Å²) in [5.41, 5.74) is 2.17. The summed E-state index contributed by atoms with van der Waals surface area (Å²) in [5, 5.41) is 1.06. The van der Waals surface area contributed by atoms with Crippen LogP contribution in [0.3, 0.4) is 0 Å². The fraction of sp³-hybridized carbons (Fsp3) is 0.176. The number of halogens is 1. The van der Waals surface area contributed by atoms with Gasteiger partial charge in [-0.3, -0.25) is 0 Å². The Morgan fingerprint density at radius 2 is 2.05 bits per heavy atom. The molecule has 0 aliphatic carbocycles. The van der Waals surface area contributed by atoms with Gasteiger partial charge in [-0.05, 0) is 41.3 Å². The molecular weight excluding hydrogens is 253 g/mol. The molecule has 2 heterocycles. The van der Waals surface area contributed by atoms with Gasteiger partial charge in [-0.15, -0.1) is 0 Å². The Balaban J connectivity index is 1.62. The number of nitrogens with zero attached hydrogens (tertiary/aromatic N) is 1. The molecular formula is C17H14FNO. The van der Waals surface area contributed by atoms with E-state index >= 15 is 0 Å². The standard InChI is InChI=1S/C17H14FNO/c18-14-6-5-12-7-8-19(16(12)10-14)11-15-9-13-3-1-2-4-17(13)20-15/h1-8,10,15H,9,11H2. The highest BCUT2D eigenvalue weighted by Gasteiger charge is 2.22. The molecule has 0 saturated carbocycles. The van der Waals surface area contributed by atoms with Crippen molar-refractivity contribution in [2.75, 3.05) is 0 Å². The van der Waals surface area contributed by atoms with Crippen LogP contribution < -0.4 is 4.74 Å². The van der Waals surface area contributed by atoms with Crippen LogP contribution in [-0.4, -0.2) is 10.7 Å². The molecule has 0 fully saturated rings. The van der Waals surface area contributed by atoms with Crippen molar-refractivity contribution in [1.82, 2.24) is 4.57 Å². The number of hydrogen-bond acceptors (Lipinski definition) is 1. The number of rotatable bonds is 2. The Hall–Kier alpha value is -2.29. The predicted octanol–water partition coefficient (Wildman–Crippen LogP) is 3.78. The van der Waals surface area contributed by atoms with E-state index in [-0.39, 0.29) is 11.9 Å². The first-order chi connectivity index (χ1) is 9.79. The zero-order valence-corrected chi connectivity index (χ0v) is 10.9. The van der Waals surface area contributed by atoms with Crippen LogP contribution in [0.15, 0.2) is 54.7 Å². The molecule has 1 aliphatic rings. The van der Waals surface area contributed by atoms with Crippen molar-refractivity contribution < 1.29 is 9.13 Å². The predicted molar refractivity (Wildman–Crippen MR) is 76.5 cm³/mol. The Bertz CT molecular complexity index is 753. The van der Waals surface area contributed by atoms with E-state index in [9.17, 15) is 4.39 Å². The topological polar surface area (TPSA) is 14.2 Å². The molecule has 1 atom stereocenters. The van der Waals surface area contributed by atoms with Gasteiger partial charge in [-0.2, -0.15) is 0 Å². The van der Waals surface area contributed by atoms with Gasteiger partial charge in [0.1, 0.15) is 17.7 Å². The lowest BCUT2D eigenvalue weighted by molar-refractivity contribution is 0.211. The summed E-state index contributed by atoms with van der Waals surface area (Å²) < 4.78 is 21.4. The highest BCUT2D eigenvalue weighted by atomic mass is 19.1. The highest BCUT2D eigenvalue weighted by molar-refractivity contribution is 5.80. The van der Waals surface area contributed by atoms with E-state index in [0.29, 0.717) is 0 Å². The molecule has 0 radical (unpaired) electrons. The van der Waals surface area contributed by atoms with Gasteiger partial charge >= 0.3 is 0 Å². The summed E-state index contributed by atoms with van der Waals surface area (Å²) in [7, 11) is 0. The molecule has 2 aromatic carbocycles. The lowest BCUT2D eigenvalue weighted by Crippen LogP contribution is -2.20. The van der Waals surface area contributed by atoms with Crippen LogP contribution in [0.2, 0.25) is 0 Å². The molecule has 1 aliphatic heterocycles. The minimum atomic E-state index is -0.201. The molecule has 3 aromatic rings. The van der Waals surface area contributed by atoms with Crippen LogP contribution in [0.5, 0.6) is 5.75 Å². The first-order valence-corrected chi connectivity index (χ1v) is 6.78. The fourth-order valence-corrected chi connectivity index (χ4v) is 2.89. The van der Waals surface area contributed by atoms with Gasteiger partial charge in [0.25, 0.3) is 0 Å². The van der Waals surface area contributed by atoms with Crippen LogP contribution in [0.25, 0.3) is 10.9 Å². The third-order valence-corrected chi connectivity index (χ3v) is 3.85. The molecule has 0 N–H and O–H groups in total. The van der Waals surface area contributed by atoms with E-state index in [1.54, 1.807) is 6.07 Å². The largest absolute Gasteiger partial charge is 0.488 e. The summed E-state index contributed by atoms with van der Waals surface area (Å²) in [6, 6.07) is 15.0. The second-order valence-corrected chi connectivity index (χ2v) is 5.22. The van der Waals surface area contributed by atoms with Crippen molar-refractivity contribution in [2.24, 2.45) is 0 Å². The van der Waals surface area contributed by atoms with Crippen LogP contribution in [-0.2, 0) is 13.0 Å². The highest BCUT2D eigenvalue weighted by Crippen LogP contribution is 2.29. The van der Waals surface area contributed by atoms with E-state index in [0.717, 1.165) is 29.6 Å². The van der Waals surface area contributed by atoms with Crippen LogP contribution in [0.4, 0.5) is 4.39 Å². The number of fused-ring (bicyclic) bond motifs is 2. The summed E-state index contributed by atoms with van der Waals surface area (Å²) >= 11 is 0. The average molecular weight is 267 g/mol. The molecule has 100 valence electrons. The maximum absolute atomic E-state index is 13.4. The number of ether oxygens (including phenoxy) is 1. The summed E-state index contributed by atoms with van der Waals surface area (Å²) in [5.74, 6) is 0.771. The number of aromatic nitrogens is 1. The van der Waals surface area contributed by atoms with E-state index < -0.39 is 0 Å². The molecule has 0 saturated heterocycles. The molecule has 3 heteroatoms. The maximum Gasteiger partial charge on any atom is 0.125 e. The van der Waals surface area contributed by atoms with Crippen LogP contribution >= 0.6 is 0 Å². The Morgan fingerprint density at radius 1 is 1.15 bits per heavy atom. The third-order valence-electron chi connectivity index (χ3n) is 3.85. The first-order valence-electron chi connectivity index (χ1n) is 6.78. The Kier molecular flexibility index (Phi) is 2.52. The zero-order chi connectivity index (χ0) is 13.5. The van der Waals surface area contributed by atoms with Gasteiger partial charge in [0, 0.05) is 12.6 Å². The Labute approximate surface area is 116 Å². The van der Waals surface area contributed by atoms with Gasteiger partial charge in [0.2, 0.25) is 0 Å². The molecule has 0 bridgehead atoms. The van der Waals surface area contributed by atoms with Crippen molar-refractivity contribution in [3.05, 3.63) is 66.1 Å². The molecule has 1 unspecified atom stereocenters. The maximum atomic E-state index is 13.4. The lowest BCUT2D eigenvalue weighted by atomic mass is 10.1. The smallest absolute Gasteiger partial charge is 0.125 e. The minimum absolute atomic E-state index is 0.117. The number of para-hydroxylation sites is 1. The molecule has 20 heavy (non-hydrogen) atoms. The minimum Gasteiger partial charge on any atom is -0.488 e. The fourth-order valence-electron chi connectivity index (χ4n) is 2.89. The van der Waals surface area contributed by atoms with Gasteiger partial charge in [-0.1, -0.05) is 18.2 Å². The SMILES string of the molecule is Fc1ccc2ccn(CC3Cc4ccccc4O3)c2c1.